The van der Waals surface area contributed by atoms with E-state index in [0.717, 1.165) is 76.3 Å². The van der Waals surface area contributed by atoms with E-state index in [-0.39, 0.29) is 24.1 Å². The molecular weight excluding hydrogens is 725 g/mol. The summed E-state index contributed by atoms with van der Waals surface area (Å²) in [4.78, 5) is 51.4. The highest BCUT2D eigenvalue weighted by Crippen LogP contribution is 2.43. The quantitative estimate of drug-likeness (QED) is 0.189. The number of aromatic hydroxyl groups is 1. The SMILES string of the molecule is O=C1CCC(N2Cc3cc(N4CCN(CC5CCN(c6ccc(C7=C(c8ccc(C9CC9)nc8)CCCc8cc(O)ccc87)cc6)CC5)CC4)ccc3C2=O)C(=O)N1. The van der Waals surface area contributed by atoms with Crippen molar-refractivity contribution in [2.75, 3.05) is 55.6 Å². The number of piperidine rings is 2. The van der Waals surface area contributed by atoms with Gasteiger partial charge in [-0.05, 0) is 145 Å². The normalized spacial score (nSPS) is 21.9. The van der Waals surface area contributed by atoms with E-state index in [1.807, 2.05) is 24.3 Å². The van der Waals surface area contributed by atoms with E-state index < -0.39 is 6.04 Å². The Bertz CT molecular complexity index is 2270. The number of aromatic nitrogens is 1. The molecule has 4 fully saturated rings. The van der Waals surface area contributed by atoms with Crippen LogP contribution in [0.5, 0.6) is 5.75 Å². The lowest BCUT2D eigenvalue weighted by atomic mass is 9.88. The van der Waals surface area contributed by atoms with E-state index in [1.54, 1.807) is 4.90 Å². The second-order valence-corrected chi connectivity index (χ2v) is 17.3. The number of fused-ring (bicyclic) bond motifs is 2. The van der Waals surface area contributed by atoms with Gasteiger partial charge in [-0.1, -0.05) is 24.3 Å². The number of phenolic OH excluding ortho intramolecular Hbond substituents is 1. The second kappa shape index (κ2) is 15.4. The molecule has 10 heteroatoms. The lowest BCUT2D eigenvalue weighted by molar-refractivity contribution is -0.136. The van der Waals surface area contributed by atoms with Crippen molar-refractivity contribution in [3.63, 3.8) is 0 Å². The van der Waals surface area contributed by atoms with Crippen LogP contribution in [-0.2, 0) is 22.6 Å². The lowest BCUT2D eigenvalue weighted by Crippen LogP contribution is -2.52. The van der Waals surface area contributed by atoms with Crippen LogP contribution < -0.4 is 15.1 Å². The molecule has 1 aromatic heterocycles. The van der Waals surface area contributed by atoms with E-state index in [4.69, 9.17) is 4.98 Å². The van der Waals surface area contributed by atoms with Crippen molar-refractivity contribution in [2.45, 2.75) is 76.3 Å². The Morgan fingerprint density at radius 3 is 2.17 bits per heavy atom. The maximum absolute atomic E-state index is 13.2. The van der Waals surface area contributed by atoms with Gasteiger partial charge in [0.15, 0.2) is 0 Å². The molecule has 6 aliphatic rings. The highest BCUT2D eigenvalue weighted by atomic mass is 16.3. The third kappa shape index (κ3) is 7.27. The van der Waals surface area contributed by atoms with Crippen LogP contribution in [0.2, 0.25) is 0 Å². The molecule has 2 N–H and O–H groups in total. The van der Waals surface area contributed by atoms with Crippen LogP contribution in [0.4, 0.5) is 11.4 Å². The van der Waals surface area contributed by atoms with Gasteiger partial charge in [-0.15, -0.1) is 0 Å². The van der Waals surface area contributed by atoms with Gasteiger partial charge in [0.2, 0.25) is 11.8 Å². The monoisotopic (exact) mass is 776 g/mol. The number of allylic oxidation sites excluding steroid dienone is 1. The second-order valence-electron chi connectivity index (χ2n) is 17.3. The molecule has 0 bridgehead atoms. The third-order valence-corrected chi connectivity index (χ3v) is 13.6. The number of anilines is 2. The van der Waals surface area contributed by atoms with Crippen LogP contribution in [0.1, 0.15) is 101 Å². The van der Waals surface area contributed by atoms with Crippen molar-refractivity contribution in [1.29, 1.82) is 0 Å². The molecule has 2 aliphatic carbocycles. The number of pyridine rings is 1. The molecule has 0 radical (unpaired) electrons. The number of hydrogen-bond acceptors (Lipinski definition) is 8. The molecule has 58 heavy (non-hydrogen) atoms. The van der Waals surface area contributed by atoms with Gasteiger partial charge in [-0.3, -0.25) is 29.6 Å². The molecule has 298 valence electrons. The molecule has 3 saturated heterocycles. The zero-order chi connectivity index (χ0) is 39.3. The summed E-state index contributed by atoms with van der Waals surface area (Å²) in [6, 6.07) is 25.1. The Kier molecular flexibility index (Phi) is 9.76. The average Bonchev–Trinajstić information content (AvgIpc) is 4.07. The molecule has 3 aromatic carbocycles. The van der Waals surface area contributed by atoms with Gasteiger partial charge in [-0.2, -0.15) is 0 Å². The first-order valence-electron chi connectivity index (χ1n) is 21.5. The smallest absolute Gasteiger partial charge is 0.255 e. The van der Waals surface area contributed by atoms with Gasteiger partial charge in [0, 0.05) is 93.5 Å². The molecule has 0 spiro atoms. The Hall–Kier alpha value is -5.48. The largest absolute Gasteiger partial charge is 0.508 e. The van der Waals surface area contributed by atoms with Crippen molar-refractivity contribution in [3.05, 3.63) is 118 Å². The number of hydrogen-bond donors (Lipinski definition) is 2. The topological polar surface area (TPSA) is 109 Å². The number of amides is 3. The Labute approximate surface area is 340 Å². The summed E-state index contributed by atoms with van der Waals surface area (Å²) in [5.41, 5.74) is 12.7. The van der Waals surface area contributed by atoms with Crippen molar-refractivity contribution in [3.8, 4) is 5.75 Å². The first-order chi connectivity index (χ1) is 28.3. The summed E-state index contributed by atoms with van der Waals surface area (Å²) >= 11 is 0. The summed E-state index contributed by atoms with van der Waals surface area (Å²) < 4.78 is 0. The fourth-order valence-electron chi connectivity index (χ4n) is 10.1. The molecule has 3 amide bonds. The van der Waals surface area contributed by atoms with E-state index in [0.29, 0.717) is 36.1 Å². The van der Waals surface area contributed by atoms with Crippen LogP contribution in [0.3, 0.4) is 0 Å². The number of piperazine rings is 1. The fraction of sp³-hybridized carbons (Fsp3) is 0.417. The predicted octanol–water partition coefficient (Wildman–Crippen LogP) is 6.76. The van der Waals surface area contributed by atoms with Gasteiger partial charge >= 0.3 is 0 Å². The first-order valence-corrected chi connectivity index (χ1v) is 21.5. The van der Waals surface area contributed by atoms with Gasteiger partial charge < -0.3 is 19.8 Å². The predicted molar refractivity (Wildman–Crippen MR) is 226 cm³/mol. The van der Waals surface area contributed by atoms with Crippen LogP contribution in [0, 0.1) is 5.92 Å². The summed E-state index contributed by atoms with van der Waals surface area (Å²) in [6.07, 6.45) is 10.5. The Balaban J connectivity index is 0.754. The molecular formula is C48H52N6O4. The van der Waals surface area contributed by atoms with Crippen molar-refractivity contribution < 1.29 is 19.5 Å². The van der Waals surface area contributed by atoms with Crippen LogP contribution in [0.15, 0.2) is 79.0 Å². The van der Waals surface area contributed by atoms with Crippen molar-refractivity contribution in [2.24, 2.45) is 5.92 Å². The van der Waals surface area contributed by atoms with Gasteiger partial charge in [0.25, 0.3) is 5.91 Å². The minimum atomic E-state index is -0.589. The molecule has 10 nitrogen and oxygen atoms in total. The molecule has 1 atom stereocenters. The van der Waals surface area contributed by atoms with Gasteiger partial charge in [0.05, 0.1) is 0 Å². The summed E-state index contributed by atoms with van der Waals surface area (Å²) in [7, 11) is 0. The van der Waals surface area contributed by atoms with Crippen molar-refractivity contribution >= 4 is 40.2 Å². The number of aryl methyl sites for hydroxylation is 1. The molecule has 5 heterocycles. The highest BCUT2D eigenvalue weighted by molar-refractivity contribution is 6.05. The average molecular weight is 777 g/mol. The Morgan fingerprint density at radius 2 is 1.43 bits per heavy atom. The molecule has 1 saturated carbocycles. The maximum Gasteiger partial charge on any atom is 0.255 e. The molecule has 4 aliphatic heterocycles. The van der Waals surface area contributed by atoms with Crippen LogP contribution >= 0.6 is 0 Å². The summed E-state index contributed by atoms with van der Waals surface area (Å²) in [5.74, 6) is 0.881. The van der Waals surface area contributed by atoms with Gasteiger partial charge in [0.1, 0.15) is 11.8 Å². The number of carbonyl (C=O) groups excluding carboxylic acids is 3. The fourth-order valence-corrected chi connectivity index (χ4v) is 10.1. The van der Waals surface area contributed by atoms with Crippen molar-refractivity contribution in [1.82, 2.24) is 20.1 Å². The zero-order valence-corrected chi connectivity index (χ0v) is 33.2. The van der Waals surface area contributed by atoms with E-state index in [9.17, 15) is 19.5 Å². The van der Waals surface area contributed by atoms with E-state index in [2.05, 4.69) is 74.7 Å². The summed E-state index contributed by atoms with van der Waals surface area (Å²) in [5, 5.41) is 12.8. The van der Waals surface area contributed by atoms with Crippen LogP contribution in [-0.4, -0.2) is 89.5 Å². The number of nitrogens with zero attached hydrogens (tertiary/aromatic N) is 5. The zero-order valence-electron chi connectivity index (χ0n) is 33.2. The number of nitrogens with one attached hydrogen (secondary N) is 1. The number of phenols is 1. The molecule has 1 unspecified atom stereocenters. The van der Waals surface area contributed by atoms with Crippen LogP contribution in [0.25, 0.3) is 11.1 Å². The highest BCUT2D eigenvalue weighted by Gasteiger charge is 2.39. The number of imide groups is 1. The molecule has 4 aromatic rings. The minimum absolute atomic E-state index is 0.123. The number of carbonyl (C=O) groups is 3. The van der Waals surface area contributed by atoms with Gasteiger partial charge in [-0.25, -0.2) is 0 Å². The lowest BCUT2D eigenvalue weighted by Gasteiger charge is -2.40. The first kappa shape index (κ1) is 36.8. The minimum Gasteiger partial charge on any atom is -0.508 e. The molecule has 10 rings (SSSR count). The number of benzene rings is 3. The summed E-state index contributed by atoms with van der Waals surface area (Å²) in [6.45, 7) is 7.57. The number of rotatable bonds is 8. The Morgan fingerprint density at radius 1 is 0.690 bits per heavy atom. The van der Waals surface area contributed by atoms with E-state index >= 15 is 0 Å². The third-order valence-electron chi connectivity index (χ3n) is 13.6. The standard InChI is InChI=1S/C48H52N6O4/c55-39-12-14-41-34(27-39)2-1-3-40(35-8-15-43(49-28-35)32-4-5-32)46(41)33-6-9-37(10-7-33)52-20-18-31(19-21-52)29-51-22-24-53(25-23-51)38-11-13-42-36(26-38)30-54(48(42)58)44-16-17-45(56)50-47(44)57/h6-15,26-28,31-32,44,55H,1-5,16-25,29-30H2,(H,50,56,57). The maximum atomic E-state index is 13.2. The van der Waals surface area contributed by atoms with E-state index in [1.165, 1.54) is 70.5 Å².